The summed E-state index contributed by atoms with van der Waals surface area (Å²) in [5.41, 5.74) is 3.12. The monoisotopic (exact) mass is 354 g/mol. The molecule has 3 aromatic rings. The van der Waals surface area contributed by atoms with E-state index in [4.69, 9.17) is 0 Å². The summed E-state index contributed by atoms with van der Waals surface area (Å²) in [7, 11) is 0. The van der Waals surface area contributed by atoms with Crippen molar-refractivity contribution in [3.8, 4) is 0 Å². The maximum absolute atomic E-state index is 13.2. The number of hydrogen-bond donors (Lipinski definition) is 0. The van der Waals surface area contributed by atoms with E-state index < -0.39 is 5.92 Å². The molecule has 0 aliphatic carbocycles. The number of allylic oxidation sites excluding steroid dienone is 1. The predicted molar refractivity (Wildman–Crippen MR) is 110 cm³/mol. The summed E-state index contributed by atoms with van der Waals surface area (Å²) in [5, 5.41) is 0. The van der Waals surface area contributed by atoms with Gasteiger partial charge in [-0.1, -0.05) is 97.1 Å². The first-order chi connectivity index (χ1) is 13.2. The SMILES string of the molecule is Cc1ccccc1C(=O)C(CC=Cc1ccccc1)C(=O)c1ccccc1. The average molecular weight is 354 g/mol. The first-order valence-corrected chi connectivity index (χ1v) is 9.07. The van der Waals surface area contributed by atoms with Crippen molar-refractivity contribution in [2.75, 3.05) is 0 Å². The number of carbonyl (C=O) groups is 2. The highest BCUT2D eigenvalue weighted by atomic mass is 16.2. The molecule has 0 N–H and O–H groups in total. The Morgan fingerprint density at radius 3 is 2.04 bits per heavy atom. The van der Waals surface area contributed by atoms with E-state index in [0.29, 0.717) is 17.5 Å². The molecule has 134 valence electrons. The van der Waals surface area contributed by atoms with Gasteiger partial charge in [-0.2, -0.15) is 0 Å². The molecule has 0 fully saturated rings. The molecule has 0 spiro atoms. The molecule has 2 heteroatoms. The molecule has 2 nitrogen and oxygen atoms in total. The first kappa shape index (κ1) is 18.5. The van der Waals surface area contributed by atoms with Crippen LogP contribution in [0.5, 0.6) is 0 Å². The number of Topliss-reactive ketones (excluding diaryl/α,β-unsaturated/α-hetero) is 2. The minimum atomic E-state index is -0.728. The molecular weight excluding hydrogens is 332 g/mol. The van der Waals surface area contributed by atoms with Crippen LogP contribution in [0.4, 0.5) is 0 Å². The average Bonchev–Trinajstić information content (AvgIpc) is 2.72. The molecule has 1 unspecified atom stereocenters. The van der Waals surface area contributed by atoms with Crippen molar-refractivity contribution in [3.63, 3.8) is 0 Å². The highest BCUT2D eigenvalue weighted by Crippen LogP contribution is 2.21. The van der Waals surface area contributed by atoms with E-state index >= 15 is 0 Å². The maximum atomic E-state index is 13.2. The standard InChI is InChI=1S/C25H22O2/c1-19-11-8-9-17-22(19)25(27)23(24(26)21-15-6-3-7-16-21)18-10-14-20-12-4-2-5-13-20/h2-17,23H,18H2,1H3. The van der Waals surface area contributed by atoms with Crippen LogP contribution in [0, 0.1) is 12.8 Å². The van der Waals surface area contributed by atoms with Crippen molar-refractivity contribution in [2.45, 2.75) is 13.3 Å². The molecule has 0 saturated carbocycles. The molecular formula is C25H22O2. The Labute approximate surface area is 160 Å². The Morgan fingerprint density at radius 2 is 1.37 bits per heavy atom. The van der Waals surface area contributed by atoms with Crippen LogP contribution in [-0.2, 0) is 0 Å². The minimum Gasteiger partial charge on any atom is -0.293 e. The van der Waals surface area contributed by atoms with Gasteiger partial charge in [0.25, 0.3) is 0 Å². The third kappa shape index (κ3) is 4.68. The van der Waals surface area contributed by atoms with E-state index in [1.54, 1.807) is 18.2 Å². The van der Waals surface area contributed by atoms with Crippen LogP contribution in [0.3, 0.4) is 0 Å². The maximum Gasteiger partial charge on any atom is 0.174 e. The second kappa shape index (κ2) is 8.91. The zero-order chi connectivity index (χ0) is 19.1. The topological polar surface area (TPSA) is 34.1 Å². The van der Waals surface area contributed by atoms with E-state index in [2.05, 4.69) is 0 Å². The van der Waals surface area contributed by atoms with Crippen molar-refractivity contribution >= 4 is 17.6 Å². The third-order valence-corrected chi connectivity index (χ3v) is 4.58. The third-order valence-electron chi connectivity index (χ3n) is 4.58. The first-order valence-electron chi connectivity index (χ1n) is 9.07. The molecule has 0 aliphatic rings. The number of ketones is 2. The molecule has 0 heterocycles. The van der Waals surface area contributed by atoms with Gasteiger partial charge in [-0.05, 0) is 24.5 Å². The lowest BCUT2D eigenvalue weighted by molar-refractivity contribution is 0.0808. The Morgan fingerprint density at radius 1 is 0.778 bits per heavy atom. The number of rotatable bonds is 7. The molecule has 0 aromatic heterocycles. The summed E-state index contributed by atoms with van der Waals surface area (Å²) < 4.78 is 0. The van der Waals surface area contributed by atoms with Crippen LogP contribution in [-0.4, -0.2) is 11.6 Å². The smallest absolute Gasteiger partial charge is 0.174 e. The van der Waals surface area contributed by atoms with Crippen LogP contribution >= 0.6 is 0 Å². The second-order valence-electron chi connectivity index (χ2n) is 6.51. The minimum absolute atomic E-state index is 0.125. The molecule has 0 saturated heterocycles. The van der Waals surface area contributed by atoms with Gasteiger partial charge in [0.1, 0.15) is 0 Å². The van der Waals surface area contributed by atoms with Gasteiger partial charge in [0, 0.05) is 11.1 Å². The molecule has 3 aromatic carbocycles. The molecule has 27 heavy (non-hydrogen) atoms. The van der Waals surface area contributed by atoms with Crippen LogP contribution in [0.2, 0.25) is 0 Å². The predicted octanol–water partition coefficient (Wildman–Crippen LogP) is 5.78. The number of benzene rings is 3. The fourth-order valence-corrected chi connectivity index (χ4v) is 3.08. The second-order valence-corrected chi connectivity index (χ2v) is 6.51. The lowest BCUT2D eigenvalue weighted by atomic mass is 9.86. The fourth-order valence-electron chi connectivity index (χ4n) is 3.08. The lowest BCUT2D eigenvalue weighted by Crippen LogP contribution is -2.24. The Bertz CT molecular complexity index is 940. The van der Waals surface area contributed by atoms with Gasteiger partial charge in [-0.15, -0.1) is 0 Å². The van der Waals surface area contributed by atoms with Crippen molar-refractivity contribution in [1.82, 2.24) is 0 Å². The van der Waals surface area contributed by atoms with E-state index in [1.807, 2.05) is 85.8 Å². The molecule has 0 radical (unpaired) electrons. The highest BCUT2D eigenvalue weighted by molar-refractivity contribution is 6.16. The van der Waals surface area contributed by atoms with Crippen molar-refractivity contribution in [1.29, 1.82) is 0 Å². The van der Waals surface area contributed by atoms with Gasteiger partial charge in [0.05, 0.1) is 5.92 Å². The Kier molecular flexibility index (Phi) is 6.11. The normalized spacial score (nSPS) is 12.0. The molecule has 3 rings (SSSR count). The van der Waals surface area contributed by atoms with Gasteiger partial charge in [0.15, 0.2) is 11.6 Å². The zero-order valence-electron chi connectivity index (χ0n) is 15.3. The van der Waals surface area contributed by atoms with E-state index in [0.717, 1.165) is 11.1 Å². The Hall–Kier alpha value is -3.26. The van der Waals surface area contributed by atoms with Gasteiger partial charge in [0.2, 0.25) is 0 Å². The van der Waals surface area contributed by atoms with Crippen molar-refractivity contribution in [3.05, 3.63) is 113 Å². The summed E-state index contributed by atoms with van der Waals surface area (Å²) in [6.45, 7) is 1.90. The quantitative estimate of drug-likeness (QED) is 0.398. The summed E-state index contributed by atoms with van der Waals surface area (Å²) in [4.78, 5) is 26.2. The molecule has 1 atom stereocenters. The molecule has 0 aliphatic heterocycles. The van der Waals surface area contributed by atoms with E-state index in [1.165, 1.54) is 0 Å². The summed E-state index contributed by atoms with van der Waals surface area (Å²) >= 11 is 0. The largest absolute Gasteiger partial charge is 0.293 e. The fraction of sp³-hybridized carbons (Fsp3) is 0.120. The summed E-state index contributed by atoms with van der Waals surface area (Å²) in [6, 6.07) is 26.3. The molecule has 0 bridgehead atoms. The summed E-state index contributed by atoms with van der Waals surface area (Å²) in [5.74, 6) is -0.991. The van der Waals surface area contributed by atoms with E-state index in [9.17, 15) is 9.59 Å². The Balaban J connectivity index is 1.89. The van der Waals surface area contributed by atoms with Crippen LogP contribution < -0.4 is 0 Å². The van der Waals surface area contributed by atoms with Crippen molar-refractivity contribution in [2.24, 2.45) is 5.92 Å². The van der Waals surface area contributed by atoms with Crippen molar-refractivity contribution < 1.29 is 9.59 Å². The van der Waals surface area contributed by atoms with Crippen LogP contribution in [0.1, 0.15) is 38.3 Å². The highest BCUT2D eigenvalue weighted by Gasteiger charge is 2.28. The van der Waals surface area contributed by atoms with E-state index in [-0.39, 0.29) is 11.6 Å². The lowest BCUT2D eigenvalue weighted by Gasteiger charge is -2.15. The van der Waals surface area contributed by atoms with Gasteiger partial charge in [-0.3, -0.25) is 9.59 Å². The number of carbonyl (C=O) groups excluding carboxylic acids is 2. The zero-order valence-corrected chi connectivity index (χ0v) is 15.3. The van der Waals surface area contributed by atoms with Gasteiger partial charge >= 0.3 is 0 Å². The summed E-state index contributed by atoms with van der Waals surface area (Å²) in [6.07, 6.45) is 4.24. The molecule has 0 amide bonds. The number of aryl methyl sites for hydroxylation is 1. The van der Waals surface area contributed by atoms with Gasteiger partial charge < -0.3 is 0 Å². The van der Waals surface area contributed by atoms with Crippen LogP contribution in [0.25, 0.3) is 6.08 Å². The van der Waals surface area contributed by atoms with Gasteiger partial charge in [-0.25, -0.2) is 0 Å². The number of hydrogen-bond acceptors (Lipinski definition) is 2. The van der Waals surface area contributed by atoms with Crippen LogP contribution in [0.15, 0.2) is 91.0 Å².